The molecular formula is C23H24N4O5. The molecule has 2 heterocycles. The van der Waals surface area contributed by atoms with Crippen LogP contribution in [0.15, 0.2) is 39.6 Å². The van der Waals surface area contributed by atoms with Gasteiger partial charge in [-0.25, -0.2) is 9.78 Å². The molecular weight excluding hydrogens is 412 g/mol. The van der Waals surface area contributed by atoms with E-state index in [-0.39, 0.29) is 23.2 Å². The third kappa shape index (κ3) is 4.14. The number of rotatable bonds is 6. The summed E-state index contributed by atoms with van der Waals surface area (Å²) in [6.45, 7) is 3.44. The minimum atomic E-state index is -0.604. The molecule has 0 radical (unpaired) electrons. The van der Waals surface area contributed by atoms with Crippen molar-refractivity contribution in [3.63, 3.8) is 0 Å². The first-order valence-corrected chi connectivity index (χ1v) is 10.2. The molecule has 0 aliphatic heterocycles. The van der Waals surface area contributed by atoms with Crippen LogP contribution in [0.3, 0.4) is 0 Å². The molecule has 2 aromatic heterocycles. The van der Waals surface area contributed by atoms with Gasteiger partial charge in [0.05, 0.1) is 23.9 Å². The van der Waals surface area contributed by atoms with Gasteiger partial charge in [0, 0.05) is 24.5 Å². The highest BCUT2D eigenvalue weighted by molar-refractivity contribution is 6.11. The van der Waals surface area contributed by atoms with E-state index < -0.39 is 5.97 Å². The van der Waals surface area contributed by atoms with Crippen molar-refractivity contribution in [3.8, 4) is 11.1 Å². The lowest BCUT2D eigenvalue weighted by molar-refractivity contribution is 0.0595. The van der Waals surface area contributed by atoms with Crippen LogP contribution < -0.4 is 16.2 Å². The molecule has 32 heavy (non-hydrogen) atoms. The van der Waals surface area contributed by atoms with Crippen LogP contribution in [-0.4, -0.2) is 34.8 Å². The van der Waals surface area contributed by atoms with Gasteiger partial charge in [-0.05, 0) is 50.5 Å². The van der Waals surface area contributed by atoms with Crippen molar-refractivity contribution in [2.75, 3.05) is 17.7 Å². The fourth-order valence-corrected chi connectivity index (χ4v) is 3.52. The molecule has 0 spiro atoms. The van der Waals surface area contributed by atoms with E-state index >= 15 is 0 Å². The summed E-state index contributed by atoms with van der Waals surface area (Å²) in [5.74, 6) is -0.466. The van der Waals surface area contributed by atoms with E-state index in [2.05, 4.69) is 15.6 Å². The van der Waals surface area contributed by atoms with Crippen LogP contribution in [-0.2, 0) is 11.8 Å². The molecule has 1 aliphatic carbocycles. The van der Waals surface area contributed by atoms with Crippen LogP contribution in [0.1, 0.15) is 45.1 Å². The highest BCUT2D eigenvalue weighted by Gasteiger charge is 2.28. The standard InChI is InChI=1S/C23H24N4O5/c1-12-11-17(19(25-15-9-10-15)20(24-12)23(30)31-4)21(28)26-16-7-5-14(6-8-16)18-13(2)32-27(3)22(18)29/h5-8,11,15,25H,9-10H2,1-4H3,(H,26,28). The predicted octanol–water partition coefficient (Wildman–Crippen LogP) is 3.27. The van der Waals surface area contributed by atoms with Crippen molar-refractivity contribution >= 4 is 23.3 Å². The second-order valence-corrected chi connectivity index (χ2v) is 7.80. The van der Waals surface area contributed by atoms with Crippen LogP contribution in [0.25, 0.3) is 11.1 Å². The van der Waals surface area contributed by atoms with Crippen molar-refractivity contribution in [1.82, 2.24) is 9.72 Å². The lowest BCUT2D eigenvalue weighted by atomic mass is 10.1. The third-order valence-corrected chi connectivity index (χ3v) is 5.25. The number of pyridine rings is 1. The average Bonchev–Trinajstić information content (AvgIpc) is 3.55. The Labute approximate surface area is 184 Å². The van der Waals surface area contributed by atoms with E-state index in [1.54, 1.807) is 51.2 Å². The normalized spacial score (nSPS) is 13.0. The zero-order valence-corrected chi connectivity index (χ0v) is 18.3. The summed E-state index contributed by atoms with van der Waals surface area (Å²) >= 11 is 0. The van der Waals surface area contributed by atoms with E-state index in [0.29, 0.717) is 39.5 Å². The van der Waals surface area contributed by atoms with Gasteiger partial charge in [-0.3, -0.25) is 9.59 Å². The Morgan fingerprint density at radius 1 is 1.19 bits per heavy atom. The van der Waals surface area contributed by atoms with Crippen molar-refractivity contribution in [3.05, 3.63) is 63.4 Å². The second kappa shape index (κ2) is 8.33. The maximum absolute atomic E-state index is 13.1. The quantitative estimate of drug-likeness (QED) is 0.570. The lowest BCUT2D eigenvalue weighted by Gasteiger charge is -2.16. The lowest BCUT2D eigenvalue weighted by Crippen LogP contribution is -2.20. The minimum absolute atomic E-state index is 0.0891. The van der Waals surface area contributed by atoms with E-state index in [4.69, 9.17) is 9.26 Å². The highest BCUT2D eigenvalue weighted by Crippen LogP contribution is 2.30. The third-order valence-electron chi connectivity index (χ3n) is 5.25. The molecule has 1 fully saturated rings. The zero-order chi connectivity index (χ0) is 23.0. The Kier molecular flexibility index (Phi) is 5.56. The Bertz CT molecular complexity index is 1250. The summed E-state index contributed by atoms with van der Waals surface area (Å²) in [7, 11) is 2.84. The molecule has 1 amide bonds. The predicted molar refractivity (Wildman–Crippen MR) is 119 cm³/mol. The summed E-state index contributed by atoms with van der Waals surface area (Å²) in [5.41, 5.74) is 2.79. The average molecular weight is 436 g/mol. The van der Waals surface area contributed by atoms with E-state index in [1.165, 1.54) is 11.8 Å². The van der Waals surface area contributed by atoms with Gasteiger partial charge in [-0.1, -0.05) is 12.1 Å². The van der Waals surface area contributed by atoms with Gasteiger partial charge in [-0.2, -0.15) is 4.74 Å². The fraction of sp³-hybridized carbons (Fsp3) is 0.304. The molecule has 1 saturated carbocycles. The minimum Gasteiger partial charge on any atom is -0.464 e. The molecule has 1 aliphatic rings. The first-order valence-electron chi connectivity index (χ1n) is 10.2. The number of nitrogens with zero attached hydrogens (tertiary/aromatic N) is 2. The molecule has 9 nitrogen and oxygen atoms in total. The summed E-state index contributed by atoms with van der Waals surface area (Å²) in [5, 5.41) is 6.09. The number of aryl methyl sites for hydroxylation is 3. The number of anilines is 2. The SMILES string of the molecule is COC(=O)c1nc(C)cc(C(=O)Nc2ccc(-c3c(C)on(C)c3=O)cc2)c1NC1CC1. The number of benzene rings is 1. The highest BCUT2D eigenvalue weighted by atomic mass is 16.5. The molecule has 2 N–H and O–H groups in total. The zero-order valence-electron chi connectivity index (χ0n) is 18.3. The molecule has 0 atom stereocenters. The van der Waals surface area contributed by atoms with Gasteiger partial charge in [0.25, 0.3) is 11.5 Å². The molecule has 166 valence electrons. The maximum atomic E-state index is 13.1. The Balaban J connectivity index is 1.63. The molecule has 3 aromatic rings. The maximum Gasteiger partial charge on any atom is 0.358 e. The number of esters is 1. The Hall–Kier alpha value is -3.88. The van der Waals surface area contributed by atoms with E-state index in [9.17, 15) is 14.4 Å². The summed E-state index contributed by atoms with van der Waals surface area (Å²) in [4.78, 5) is 41.9. The number of hydrogen-bond acceptors (Lipinski definition) is 7. The number of hydrogen-bond donors (Lipinski definition) is 2. The molecule has 0 bridgehead atoms. The van der Waals surface area contributed by atoms with Crippen LogP contribution >= 0.6 is 0 Å². The number of aromatic nitrogens is 2. The molecule has 1 aromatic carbocycles. The number of methoxy groups -OCH3 is 1. The first-order chi connectivity index (χ1) is 15.3. The molecule has 0 unspecified atom stereocenters. The smallest absolute Gasteiger partial charge is 0.358 e. The van der Waals surface area contributed by atoms with Gasteiger partial charge in [0.2, 0.25) is 0 Å². The van der Waals surface area contributed by atoms with Crippen molar-refractivity contribution in [1.29, 1.82) is 0 Å². The van der Waals surface area contributed by atoms with Crippen LogP contribution in [0.2, 0.25) is 0 Å². The Morgan fingerprint density at radius 3 is 2.44 bits per heavy atom. The van der Waals surface area contributed by atoms with Crippen molar-refractivity contribution in [2.45, 2.75) is 32.7 Å². The number of nitrogens with one attached hydrogen (secondary N) is 2. The van der Waals surface area contributed by atoms with Gasteiger partial charge in [-0.15, -0.1) is 0 Å². The molecule has 9 heteroatoms. The molecule has 4 rings (SSSR count). The monoisotopic (exact) mass is 436 g/mol. The summed E-state index contributed by atoms with van der Waals surface area (Å²) < 4.78 is 11.4. The summed E-state index contributed by atoms with van der Waals surface area (Å²) in [6.07, 6.45) is 1.92. The van der Waals surface area contributed by atoms with Gasteiger partial charge in [0.1, 0.15) is 5.76 Å². The van der Waals surface area contributed by atoms with Crippen molar-refractivity contribution < 1.29 is 18.8 Å². The van der Waals surface area contributed by atoms with Crippen molar-refractivity contribution in [2.24, 2.45) is 7.05 Å². The summed E-state index contributed by atoms with van der Waals surface area (Å²) in [6, 6.07) is 8.75. The first kappa shape index (κ1) is 21.4. The van der Waals surface area contributed by atoms with Gasteiger partial charge in [0.15, 0.2) is 5.69 Å². The fourth-order valence-electron chi connectivity index (χ4n) is 3.52. The van der Waals surface area contributed by atoms with Crippen LogP contribution in [0, 0.1) is 13.8 Å². The van der Waals surface area contributed by atoms with Crippen LogP contribution in [0.4, 0.5) is 11.4 Å². The van der Waals surface area contributed by atoms with E-state index in [1.807, 2.05) is 0 Å². The number of carbonyl (C=O) groups is 2. The van der Waals surface area contributed by atoms with Gasteiger partial charge < -0.3 is 19.9 Å². The topological polar surface area (TPSA) is 115 Å². The van der Waals surface area contributed by atoms with E-state index in [0.717, 1.165) is 12.8 Å². The Morgan fingerprint density at radius 2 is 1.88 bits per heavy atom. The largest absolute Gasteiger partial charge is 0.464 e. The molecule has 0 saturated heterocycles. The van der Waals surface area contributed by atoms with Crippen LogP contribution in [0.5, 0.6) is 0 Å². The van der Waals surface area contributed by atoms with Gasteiger partial charge >= 0.3 is 5.97 Å². The number of carbonyl (C=O) groups excluding carboxylic acids is 2. The number of ether oxygens (including phenoxy) is 1. The second-order valence-electron chi connectivity index (χ2n) is 7.80. The number of amides is 1.